The van der Waals surface area contributed by atoms with Crippen molar-refractivity contribution in [2.75, 3.05) is 14.2 Å². The Kier molecular flexibility index (Phi) is 4.77. The highest BCUT2D eigenvalue weighted by Crippen LogP contribution is 2.45. The molecular weight excluding hydrogens is 389 g/mol. The number of ether oxygens (including phenoxy) is 2. The molecule has 0 N–H and O–H groups in total. The smallest absolute Gasteiger partial charge is 0.277 e. The Morgan fingerprint density at radius 1 is 1.04 bits per heavy atom. The summed E-state index contributed by atoms with van der Waals surface area (Å²) in [5, 5.41) is 1.03. The summed E-state index contributed by atoms with van der Waals surface area (Å²) in [6, 6.07) is 3.29. The van der Waals surface area contributed by atoms with Crippen LogP contribution in [0.15, 0.2) is 23.1 Å². The van der Waals surface area contributed by atoms with Gasteiger partial charge in [-0.15, -0.1) is 0 Å². The van der Waals surface area contributed by atoms with Gasteiger partial charge < -0.3 is 14.0 Å². The normalized spacial score (nSPS) is 11.0. The van der Waals surface area contributed by atoms with E-state index in [2.05, 4.69) is 9.97 Å². The number of hydrogen-bond donors (Lipinski definition) is 0. The molecule has 0 saturated carbocycles. The van der Waals surface area contributed by atoms with Gasteiger partial charge >= 0.3 is 0 Å². The molecule has 2 heterocycles. The standard InChI is InChI=1S/C16H12Cl3N3O3/c1-22-8(4-7-6-20-16(19)21-14(7)15(22)23)11-12(17)9(24-2)5-10(25-3)13(11)18/h4-6H,1-3H3. The summed E-state index contributed by atoms with van der Waals surface area (Å²) in [7, 11) is 4.55. The average molecular weight is 401 g/mol. The van der Waals surface area contributed by atoms with Crippen molar-refractivity contribution < 1.29 is 9.47 Å². The fourth-order valence-electron chi connectivity index (χ4n) is 2.51. The van der Waals surface area contributed by atoms with Gasteiger partial charge in [-0.05, 0) is 17.7 Å². The molecule has 0 aliphatic carbocycles. The molecule has 1 aromatic carbocycles. The van der Waals surface area contributed by atoms with Crippen molar-refractivity contribution in [3.05, 3.63) is 44.0 Å². The summed E-state index contributed by atoms with van der Waals surface area (Å²) in [4.78, 5) is 20.6. The van der Waals surface area contributed by atoms with Crippen LogP contribution >= 0.6 is 34.8 Å². The van der Waals surface area contributed by atoms with Gasteiger partial charge in [0.1, 0.15) is 17.0 Å². The van der Waals surface area contributed by atoms with Gasteiger partial charge in [-0.1, -0.05) is 23.2 Å². The summed E-state index contributed by atoms with van der Waals surface area (Å²) >= 11 is 18.7. The predicted molar refractivity (Wildman–Crippen MR) is 98.3 cm³/mol. The van der Waals surface area contributed by atoms with E-state index in [4.69, 9.17) is 44.3 Å². The quantitative estimate of drug-likeness (QED) is 0.622. The molecular formula is C16H12Cl3N3O3. The number of methoxy groups -OCH3 is 2. The summed E-state index contributed by atoms with van der Waals surface area (Å²) in [6.07, 6.45) is 1.47. The highest BCUT2D eigenvalue weighted by atomic mass is 35.5. The van der Waals surface area contributed by atoms with Crippen LogP contribution in [0.5, 0.6) is 11.5 Å². The number of nitrogens with zero attached hydrogens (tertiary/aromatic N) is 3. The van der Waals surface area contributed by atoms with E-state index >= 15 is 0 Å². The van der Waals surface area contributed by atoms with Crippen LogP contribution in [-0.4, -0.2) is 28.8 Å². The molecule has 0 amide bonds. The zero-order valence-corrected chi connectivity index (χ0v) is 15.7. The first-order chi connectivity index (χ1) is 11.9. The van der Waals surface area contributed by atoms with Crippen LogP contribution in [0.1, 0.15) is 0 Å². The fraction of sp³-hybridized carbons (Fsp3) is 0.188. The zero-order chi connectivity index (χ0) is 18.3. The number of rotatable bonds is 3. The first-order valence-electron chi connectivity index (χ1n) is 7.01. The second kappa shape index (κ2) is 6.71. The number of aromatic nitrogens is 3. The first kappa shape index (κ1) is 17.8. The van der Waals surface area contributed by atoms with E-state index < -0.39 is 0 Å². The van der Waals surface area contributed by atoms with E-state index in [1.54, 1.807) is 19.2 Å². The molecule has 0 fully saturated rings. The van der Waals surface area contributed by atoms with Crippen molar-refractivity contribution in [2.45, 2.75) is 0 Å². The number of pyridine rings is 1. The molecule has 0 spiro atoms. The van der Waals surface area contributed by atoms with Gasteiger partial charge in [-0.25, -0.2) is 9.97 Å². The van der Waals surface area contributed by atoms with E-state index in [-0.39, 0.29) is 26.4 Å². The molecule has 0 aliphatic heterocycles. The van der Waals surface area contributed by atoms with Gasteiger partial charge in [0.15, 0.2) is 0 Å². The van der Waals surface area contributed by atoms with E-state index in [1.807, 2.05) is 0 Å². The molecule has 2 aromatic heterocycles. The average Bonchev–Trinajstić information content (AvgIpc) is 2.60. The molecule has 130 valence electrons. The van der Waals surface area contributed by atoms with Gasteiger partial charge in [0, 0.05) is 30.3 Å². The molecule has 0 saturated heterocycles. The minimum absolute atomic E-state index is 0.00327. The second-order valence-electron chi connectivity index (χ2n) is 5.12. The van der Waals surface area contributed by atoms with Crippen LogP contribution in [-0.2, 0) is 7.05 Å². The lowest BCUT2D eigenvalue weighted by molar-refractivity contribution is 0.395. The molecule has 25 heavy (non-hydrogen) atoms. The maximum atomic E-state index is 12.7. The van der Waals surface area contributed by atoms with Gasteiger partial charge in [0.05, 0.1) is 30.0 Å². The molecule has 0 aliphatic rings. The van der Waals surface area contributed by atoms with Crippen LogP contribution < -0.4 is 15.0 Å². The molecule has 3 rings (SSSR count). The van der Waals surface area contributed by atoms with Crippen LogP contribution in [0.4, 0.5) is 0 Å². The van der Waals surface area contributed by atoms with Gasteiger partial charge in [-0.2, -0.15) is 0 Å². The lowest BCUT2D eigenvalue weighted by Crippen LogP contribution is -2.20. The molecule has 0 bridgehead atoms. The third-order valence-corrected chi connectivity index (χ3v) is 4.71. The largest absolute Gasteiger partial charge is 0.495 e. The topological polar surface area (TPSA) is 66.2 Å². The lowest BCUT2D eigenvalue weighted by Gasteiger charge is -2.17. The highest BCUT2D eigenvalue weighted by Gasteiger charge is 2.22. The number of benzene rings is 1. The first-order valence-corrected chi connectivity index (χ1v) is 8.15. The second-order valence-corrected chi connectivity index (χ2v) is 6.21. The van der Waals surface area contributed by atoms with E-state index in [0.29, 0.717) is 28.1 Å². The van der Waals surface area contributed by atoms with Gasteiger partial charge in [-0.3, -0.25) is 4.79 Å². The van der Waals surface area contributed by atoms with Crippen LogP contribution in [0.25, 0.3) is 22.2 Å². The fourth-order valence-corrected chi connectivity index (χ4v) is 3.34. The van der Waals surface area contributed by atoms with Crippen molar-refractivity contribution in [2.24, 2.45) is 7.05 Å². The molecule has 0 unspecified atom stereocenters. The Morgan fingerprint density at radius 2 is 1.64 bits per heavy atom. The molecule has 3 aromatic rings. The third-order valence-electron chi connectivity index (χ3n) is 3.78. The number of hydrogen-bond acceptors (Lipinski definition) is 5. The van der Waals surface area contributed by atoms with E-state index in [9.17, 15) is 4.79 Å². The minimum Gasteiger partial charge on any atom is -0.495 e. The van der Waals surface area contributed by atoms with E-state index in [0.717, 1.165) is 0 Å². The SMILES string of the molecule is COc1cc(OC)c(Cl)c(-c2cc3cnc(Cl)nc3c(=O)n2C)c1Cl. The van der Waals surface area contributed by atoms with E-state index in [1.165, 1.54) is 25.0 Å². The van der Waals surface area contributed by atoms with Gasteiger partial charge in [0.25, 0.3) is 5.56 Å². The lowest BCUT2D eigenvalue weighted by atomic mass is 10.1. The number of halogens is 3. The summed E-state index contributed by atoms with van der Waals surface area (Å²) < 4.78 is 11.9. The predicted octanol–water partition coefficient (Wildman–Crippen LogP) is 3.97. The third kappa shape index (κ3) is 2.90. The zero-order valence-electron chi connectivity index (χ0n) is 13.4. The highest BCUT2D eigenvalue weighted by molar-refractivity contribution is 6.41. The Labute approximate surface area is 157 Å². The van der Waals surface area contributed by atoms with Crippen molar-refractivity contribution >= 4 is 45.7 Å². The Hall–Kier alpha value is -2.02. The van der Waals surface area contributed by atoms with Crippen molar-refractivity contribution in [1.29, 1.82) is 0 Å². The molecule has 9 heteroatoms. The van der Waals surface area contributed by atoms with Crippen LogP contribution in [0, 0.1) is 0 Å². The van der Waals surface area contributed by atoms with Crippen molar-refractivity contribution in [3.63, 3.8) is 0 Å². The minimum atomic E-state index is -0.356. The summed E-state index contributed by atoms with van der Waals surface area (Å²) in [5.41, 5.74) is 0.727. The maximum absolute atomic E-state index is 12.7. The molecule has 0 atom stereocenters. The van der Waals surface area contributed by atoms with Gasteiger partial charge in [0.2, 0.25) is 5.28 Å². The van der Waals surface area contributed by atoms with Crippen LogP contribution in [0.3, 0.4) is 0 Å². The molecule has 6 nitrogen and oxygen atoms in total. The summed E-state index contributed by atoms with van der Waals surface area (Å²) in [5.74, 6) is 0.746. The maximum Gasteiger partial charge on any atom is 0.277 e. The van der Waals surface area contributed by atoms with Crippen LogP contribution in [0.2, 0.25) is 15.3 Å². The Balaban J connectivity index is 2.43. The monoisotopic (exact) mass is 399 g/mol. The Bertz CT molecular complexity index is 1020. The molecule has 0 radical (unpaired) electrons. The summed E-state index contributed by atoms with van der Waals surface area (Å²) in [6.45, 7) is 0. The van der Waals surface area contributed by atoms with Crippen molar-refractivity contribution in [1.82, 2.24) is 14.5 Å². The Morgan fingerprint density at radius 3 is 2.20 bits per heavy atom. The number of fused-ring (bicyclic) bond motifs is 1. The van der Waals surface area contributed by atoms with Crippen molar-refractivity contribution in [3.8, 4) is 22.8 Å².